The lowest BCUT2D eigenvalue weighted by molar-refractivity contribution is -0.0980. The first-order chi connectivity index (χ1) is 13.2. The molecule has 0 aliphatic rings. The van der Waals surface area contributed by atoms with Gasteiger partial charge in [-0.2, -0.15) is 0 Å². The van der Waals surface area contributed by atoms with Crippen molar-refractivity contribution in [1.82, 2.24) is 0 Å². The Kier molecular flexibility index (Phi) is 7.70. The van der Waals surface area contributed by atoms with E-state index in [1.54, 1.807) is 0 Å². The quantitative estimate of drug-likeness (QED) is 0.568. The summed E-state index contributed by atoms with van der Waals surface area (Å²) in [5.74, 6) is 1.90. The number of hydrogen-bond acceptors (Lipinski definition) is 3. The second-order valence-corrected chi connectivity index (χ2v) is 10.0. The molecule has 29 heavy (non-hydrogen) atoms. The molecule has 3 nitrogen and oxygen atoms in total. The van der Waals surface area contributed by atoms with Crippen LogP contribution in [0.15, 0.2) is 36.4 Å². The van der Waals surface area contributed by atoms with Gasteiger partial charge in [0.2, 0.25) is 0 Å². The molecule has 2 aromatic rings. The van der Waals surface area contributed by atoms with Gasteiger partial charge in [-0.1, -0.05) is 38.1 Å². The number of rotatable bonds is 4. The molecule has 0 heterocycles. The smallest absolute Gasteiger partial charge is 0.123 e. The monoisotopic (exact) mass is 398 g/mol. The molecule has 0 bridgehead atoms. The van der Waals surface area contributed by atoms with Gasteiger partial charge in [0.25, 0.3) is 0 Å². The van der Waals surface area contributed by atoms with Crippen LogP contribution in [0.1, 0.15) is 77.6 Å². The fraction of sp³-hybridized carbons (Fsp3) is 0.500. The predicted octanol–water partition coefficient (Wildman–Crippen LogP) is 6.80. The highest BCUT2D eigenvalue weighted by Gasteiger charge is 2.25. The molecule has 0 aromatic heterocycles. The summed E-state index contributed by atoms with van der Waals surface area (Å²) < 4.78 is 12.1. The number of carbonyl (C=O) groups is 1. The molecule has 0 atom stereocenters. The van der Waals surface area contributed by atoms with Crippen molar-refractivity contribution >= 4 is 6.79 Å². The zero-order chi connectivity index (χ0) is 22.6. The second kappa shape index (κ2) is 9.02. The largest absolute Gasteiger partial charge is 0.488 e. The lowest BCUT2D eigenvalue weighted by atomic mass is 9.77. The molecule has 0 fully saturated rings. The Morgan fingerprint density at radius 2 is 0.931 bits per heavy atom. The molecule has 0 aliphatic heterocycles. The van der Waals surface area contributed by atoms with E-state index in [1.165, 1.54) is 22.3 Å². The van der Waals surface area contributed by atoms with E-state index in [9.17, 15) is 0 Å². The van der Waals surface area contributed by atoms with Crippen LogP contribution in [-0.2, 0) is 10.2 Å². The molecule has 0 aliphatic carbocycles. The van der Waals surface area contributed by atoms with Crippen LogP contribution in [0, 0.1) is 13.8 Å². The van der Waals surface area contributed by atoms with Crippen molar-refractivity contribution in [2.24, 2.45) is 0 Å². The van der Waals surface area contributed by atoms with E-state index in [0.29, 0.717) is 0 Å². The Morgan fingerprint density at radius 1 is 0.621 bits per heavy atom. The normalized spacial score (nSPS) is 12.1. The molecular weight excluding hydrogens is 360 g/mol. The van der Waals surface area contributed by atoms with Gasteiger partial charge in [-0.05, 0) is 89.8 Å². The van der Waals surface area contributed by atoms with Gasteiger partial charge >= 0.3 is 0 Å². The maximum Gasteiger partial charge on any atom is 0.123 e. The van der Waals surface area contributed by atoms with E-state index in [-0.39, 0.29) is 16.6 Å². The number of ether oxygens (including phenoxy) is 2. The van der Waals surface area contributed by atoms with Crippen molar-refractivity contribution in [3.8, 4) is 11.5 Å². The van der Waals surface area contributed by atoms with Crippen LogP contribution in [-0.4, -0.2) is 18.0 Å². The molecule has 3 heteroatoms. The summed E-state index contributed by atoms with van der Waals surface area (Å²) in [6.45, 7) is 23.2. The molecule has 0 unspecified atom stereocenters. The van der Waals surface area contributed by atoms with Crippen molar-refractivity contribution in [3.63, 3.8) is 0 Å². The SMILES string of the molecule is C=O.Cc1cc(C(C)(C)c2ccc(OC(C)(C)C)c(C)c2)ccc1OC(C)(C)C. The van der Waals surface area contributed by atoms with Crippen molar-refractivity contribution in [1.29, 1.82) is 0 Å². The summed E-state index contributed by atoms with van der Waals surface area (Å²) in [5.41, 5.74) is 4.41. The van der Waals surface area contributed by atoms with Crippen LogP contribution in [0.3, 0.4) is 0 Å². The fourth-order valence-electron chi connectivity index (χ4n) is 3.13. The number of benzene rings is 2. The number of carbonyl (C=O) groups excluding carboxylic acids is 1. The molecule has 160 valence electrons. The van der Waals surface area contributed by atoms with Gasteiger partial charge < -0.3 is 14.3 Å². The molecular formula is C26H38O3. The molecule has 0 saturated carbocycles. The minimum atomic E-state index is -0.193. The van der Waals surface area contributed by atoms with Gasteiger partial charge in [-0.15, -0.1) is 0 Å². The maximum absolute atomic E-state index is 8.00. The van der Waals surface area contributed by atoms with Crippen molar-refractivity contribution in [3.05, 3.63) is 58.7 Å². The Morgan fingerprint density at radius 3 is 1.17 bits per heavy atom. The van der Waals surface area contributed by atoms with Crippen LogP contribution in [0.25, 0.3) is 0 Å². The Balaban J connectivity index is 0.00000204. The summed E-state index contributed by atoms with van der Waals surface area (Å²) in [4.78, 5) is 8.00. The average molecular weight is 399 g/mol. The first-order valence-corrected chi connectivity index (χ1v) is 10.1. The highest BCUT2D eigenvalue weighted by Crippen LogP contribution is 2.36. The highest BCUT2D eigenvalue weighted by molar-refractivity contribution is 5.47. The van der Waals surface area contributed by atoms with Crippen molar-refractivity contribution in [2.75, 3.05) is 0 Å². The van der Waals surface area contributed by atoms with Crippen LogP contribution in [0.2, 0.25) is 0 Å². The van der Waals surface area contributed by atoms with Crippen LogP contribution >= 0.6 is 0 Å². The minimum Gasteiger partial charge on any atom is -0.488 e. The van der Waals surface area contributed by atoms with Crippen molar-refractivity contribution < 1.29 is 14.3 Å². The summed E-state index contributed by atoms with van der Waals surface area (Å²) in [6, 6.07) is 13.1. The second-order valence-electron chi connectivity index (χ2n) is 10.0. The lowest BCUT2D eigenvalue weighted by Gasteiger charge is -2.29. The van der Waals surface area contributed by atoms with Gasteiger partial charge in [-0.3, -0.25) is 0 Å². The highest BCUT2D eigenvalue weighted by atomic mass is 16.5. The molecule has 0 spiro atoms. The van der Waals surface area contributed by atoms with E-state index < -0.39 is 0 Å². The summed E-state index contributed by atoms with van der Waals surface area (Å²) in [7, 11) is 0. The molecule has 0 N–H and O–H groups in total. The standard InChI is InChI=1S/C25H36O2.CH2O/c1-17-15-19(11-13-21(17)26-23(3,4)5)25(9,10)20-12-14-22(18(2)16-20)27-24(6,7)8;1-2/h11-16H,1-10H3;1H2. The average Bonchev–Trinajstić information content (AvgIpc) is 2.58. The summed E-state index contributed by atoms with van der Waals surface area (Å²) in [6.07, 6.45) is 0. The minimum absolute atomic E-state index is 0.101. The zero-order valence-electron chi connectivity index (χ0n) is 19.9. The van der Waals surface area contributed by atoms with E-state index in [2.05, 4.69) is 106 Å². The van der Waals surface area contributed by atoms with Gasteiger partial charge in [0, 0.05) is 5.41 Å². The molecule has 2 rings (SSSR count). The molecule has 0 saturated heterocycles. The predicted molar refractivity (Wildman–Crippen MR) is 122 cm³/mol. The summed E-state index contributed by atoms with van der Waals surface area (Å²) >= 11 is 0. The summed E-state index contributed by atoms with van der Waals surface area (Å²) in [5, 5.41) is 0. The molecule has 0 radical (unpaired) electrons. The lowest BCUT2D eigenvalue weighted by Crippen LogP contribution is -2.24. The number of aryl methyl sites for hydroxylation is 2. The third-order valence-electron chi connectivity index (χ3n) is 4.63. The van der Waals surface area contributed by atoms with Crippen LogP contribution < -0.4 is 9.47 Å². The Hall–Kier alpha value is -2.29. The van der Waals surface area contributed by atoms with Crippen LogP contribution in [0.4, 0.5) is 0 Å². The van der Waals surface area contributed by atoms with Gasteiger partial charge in [-0.25, -0.2) is 0 Å². The van der Waals surface area contributed by atoms with Crippen LogP contribution in [0.5, 0.6) is 11.5 Å². The maximum atomic E-state index is 8.00. The fourth-order valence-corrected chi connectivity index (χ4v) is 3.13. The van der Waals surface area contributed by atoms with Gasteiger partial charge in [0.05, 0.1) is 0 Å². The topological polar surface area (TPSA) is 35.5 Å². The van der Waals surface area contributed by atoms with Gasteiger partial charge in [0.15, 0.2) is 0 Å². The number of hydrogen-bond donors (Lipinski definition) is 0. The van der Waals surface area contributed by atoms with E-state index in [1.807, 2.05) is 6.79 Å². The first kappa shape index (κ1) is 24.7. The van der Waals surface area contributed by atoms with Gasteiger partial charge in [0.1, 0.15) is 29.5 Å². The van der Waals surface area contributed by atoms with E-state index >= 15 is 0 Å². The third kappa shape index (κ3) is 6.92. The van der Waals surface area contributed by atoms with Crippen molar-refractivity contribution in [2.45, 2.75) is 85.9 Å². The first-order valence-electron chi connectivity index (χ1n) is 10.1. The molecule has 0 amide bonds. The Bertz CT molecular complexity index is 753. The third-order valence-corrected chi connectivity index (χ3v) is 4.63. The van der Waals surface area contributed by atoms with E-state index in [0.717, 1.165) is 11.5 Å². The zero-order valence-corrected chi connectivity index (χ0v) is 19.9. The molecule has 2 aromatic carbocycles. The Labute approximate surface area is 177 Å². The van der Waals surface area contributed by atoms with E-state index in [4.69, 9.17) is 14.3 Å².